The van der Waals surface area contributed by atoms with Crippen LogP contribution >= 0.6 is 0 Å². The first-order valence-corrected chi connectivity index (χ1v) is 16.5. The predicted octanol–water partition coefficient (Wildman–Crippen LogP) is 12.8. The van der Waals surface area contributed by atoms with E-state index in [0.29, 0.717) is 5.89 Å². The van der Waals surface area contributed by atoms with Gasteiger partial charge in [-0.1, -0.05) is 115 Å². The minimum absolute atomic E-state index is 0.602. The Morgan fingerprint density at radius 3 is 1.84 bits per heavy atom. The standard InChI is InChI=1S/C45H28N2O2/c1-2-12-29(13-3-1)33-14-8-10-20-40(33)47(32-26-27-42-39(28-32)36-17-9-11-21-41(36)48-42)31-24-22-30(23-25-31)45-46-43-37-18-6-4-15-34(37)35-16-5-7-19-38(35)44(43)49-45/h1-28H. The van der Waals surface area contributed by atoms with Crippen molar-refractivity contribution in [2.24, 2.45) is 0 Å². The third kappa shape index (κ3) is 4.42. The number of nitrogens with zero attached hydrogens (tertiary/aromatic N) is 2. The first-order chi connectivity index (χ1) is 24.3. The first-order valence-electron chi connectivity index (χ1n) is 16.5. The summed E-state index contributed by atoms with van der Waals surface area (Å²) in [5.74, 6) is 0.602. The Balaban J connectivity index is 1.14. The zero-order valence-corrected chi connectivity index (χ0v) is 26.4. The van der Waals surface area contributed by atoms with Crippen LogP contribution in [0.5, 0.6) is 0 Å². The van der Waals surface area contributed by atoms with Gasteiger partial charge < -0.3 is 13.7 Å². The van der Waals surface area contributed by atoms with Crippen LogP contribution in [0.15, 0.2) is 179 Å². The van der Waals surface area contributed by atoms with E-state index in [9.17, 15) is 0 Å². The zero-order valence-electron chi connectivity index (χ0n) is 26.4. The number of oxazole rings is 1. The van der Waals surface area contributed by atoms with Gasteiger partial charge in [-0.2, -0.15) is 0 Å². The van der Waals surface area contributed by atoms with Crippen LogP contribution in [0.25, 0.3) is 77.2 Å². The highest BCUT2D eigenvalue weighted by atomic mass is 16.3. The van der Waals surface area contributed by atoms with Crippen LogP contribution in [0.2, 0.25) is 0 Å². The summed E-state index contributed by atoms with van der Waals surface area (Å²) < 4.78 is 12.8. The lowest BCUT2D eigenvalue weighted by molar-refractivity contribution is 0.623. The van der Waals surface area contributed by atoms with E-state index in [1.54, 1.807) is 0 Å². The number of hydrogen-bond acceptors (Lipinski definition) is 4. The molecule has 0 saturated heterocycles. The molecule has 10 aromatic rings. The lowest BCUT2D eigenvalue weighted by Crippen LogP contribution is -2.11. The molecule has 0 atom stereocenters. The quantitative estimate of drug-likeness (QED) is 0.178. The molecule has 0 unspecified atom stereocenters. The van der Waals surface area contributed by atoms with Gasteiger partial charge >= 0.3 is 0 Å². The number of rotatable bonds is 5. The zero-order chi connectivity index (χ0) is 32.3. The molecule has 0 amide bonds. The number of hydrogen-bond donors (Lipinski definition) is 0. The van der Waals surface area contributed by atoms with Crippen LogP contribution in [-0.4, -0.2) is 4.98 Å². The fourth-order valence-electron chi connectivity index (χ4n) is 7.21. The van der Waals surface area contributed by atoms with Crippen molar-refractivity contribution < 1.29 is 8.83 Å². The minimum atomic E-state index is 0.602. The number of anilines is 3. The molecule has 4 heteroatoms. The van der Waals surface area contributed by atoms with Gasteiger partial charge in [-0.05, 0) is 70.9 Å². The summed E-state index contributed by atoms with van der Waals surface area (Å²) in [5.41, 5.74) is 9.79. The van der Waals surface area contributed by atoms with Gasteiger partial charge in [0.15, 0.2) is 5.58 Å². The number of furan rings is 1. The molecule has 0 N–H and O–H groups in total. The van der Waals surface area contributed by atoms with Gasteiger partial charge in [-0.25, -0.2) is 4.98 Å². The maximum atomic E-state index is 6.57. The van der Waals surface area contributed by atoms with Crippen LogP contribution in [-0.2, 0) is 0 Å². The summed E-state index contributed by atoms with van der Waals surface area (Å²) in [6.45, 7) is 0. The lowest BCUT2D eigenvalue weighted by atomic mass is 10.0. The van der Waals surface area contributed by atoms with Crippen molar-refractivity contribution in [1.29, 1.82) is 0 Å². The Hall–Kier alpha value is -6.65. The van der Waals surface area contributed by atoms with Crippen molar-refractivity contribution in [3.63, 3.8) is 0 Å². The van der Waals surface area contributed by atoms with E-state index in [2.05, 4.69) is 163 Å². The normalized spacial score (nSPS) is 11.7. The number of para-hydroxylation sites is 2. The van der Waals surface area contributed by atoms with Gasteiger partial charge in [0.25, 0.3) is 0 Å². The van der Waals surface area contributed by atoms with E-state index in [1.807, 2.05) is 12.1 Å². The predicted molar refractivity (Wildman–Crippen MR) is 202 cm³/mol. The maximum Gasteiger partial charge on any atom is 0.227 e. The van der Waals surface area contributed by atoms with Crippen LogP contribution in [0.3, 0.4) is 0 Å². The Morgan fingerprint density at radius 1 is 0.408 bits per heavy atom. The van der Waals surface area contributed by atoms with Crippen molar-refractivity contribution in [1.82, 2.24) is 4.98 Å². The van der Waals surface area contributed by atoms with E-state index in [0.717, 1.165) is 77.6 Å². The van der Waals surface area contributed by atoms with Crippen LogP contribution in [0, 0.1) is 0 Å². The fraction of sp³-hybridized carbons (Fsp3) is 0. The third-order valence-electron chi connectivity index (χ3n) is 9.49. The molecule has 0 aliphatic heterocycles. The highest BCUT2D eigenvalue weighted by molar-refractivity contribution is 6.22. The average Bonchev–Trinajstić information content (AvgIpc) is 3.79. The molecule has 0 spiro atoms. The number of fused-ring (bicyclic) bond motifs is 9. The summed E-state index contributed by atoms with van der Waals surface area (Å²) >= 11 is 0. The van der Waals surface area contributed by atoms with Crippen LogP contribution < -0.4 is 4.90 Å². The summed E-state index contributed by atoms with van der Waals surface area (Å²) in [6, 6.07) is 59.1. The van der Waals surface area contributed by atoms with Crippen molar-refractivity contribution in [2.45, 2.75) is 0 Å². The van der Waals surface area contributed by atoms with Crippen molar-refractivity contribution >= 4 is 71.6 Å². The van der Waals surface area contributed by atoms with Gasteiger partial charge in [0.2, 0.25) is 5.89 Å². The molecule has 4 nitrogen and oxygen atoms in total. The number of benzene rings is 8. The SMILES string of the molecule is c1ccc(-c2ccccc2N(c2ccc(-c3nc4c5ccccc5c5ccccc5c4o3)cc2)c2ccc3oc4ccccc4c3c2)cc1. The molecule has 0 radical (unpaired) electrons. The smallest absolute Gasteiger partial charge is 0.227 e. The van der Waals surface area contributed by atoms with Crippen molar-refractivity contribution in [2.75, 3.05) is 4.90 Å². The first kappa shape index (κ1) is 27.5. The highest BCUT2D eigenvalue weighted by Gasteiger charge is 2.20. The minimum Gasteiger partial charge on any atom is -0.456 e. The third-order valence-corrected chi connectivity index (χ3v) is 9.49. The molecule has 0 aliphatic rings. The van der Waals surface area contributed by atoms with Crippen LogP contribution in [0.4, 0.5) is 17.1 Å². The Bertz CT molecular complexity index is 2760. The van der Waals surface area contributed by atoms with Gasteiger partial charge in [-0.15, -0.1) is 0 Å². The number of aromatic nitrogens is 1. The van der Waals surface area contributed by atoms with Gasteiger partial charge in [-0.3, -0.25) is 0 Å². The summed E-state index contributed by atoms with van der Waals surface area (Å²) in [7, 11) is 0. The van der Waals surface area contributed by atoms with Gasteiger partial charge in [0.05, 0.1) is 5.69 Å². The lowest BCUT2D eigenvalue weighted by Gasteiger charge is -2.28. The van der Waals surface area contributed by atoms with Gasteiger partial charge in [0.1, 0.15) is 16.7 Å². The summed E-state index contributed by atoms with van der Waals surface area (Å²) in [6.07, 6.45) is 0. The fourth-order valence-corrected chi connectivity index (χ4v) is 7.21. The highest BCUT2D eigenvalue weighted by Crippen LogP contribution is 2.43. The topological polar surface area (TPSA) is 42.4 Å². The second kappa shape index (κ2) is 11.0. The molecule has 8 aromatic carbocycles. The second-order valence-electron chi connectivity index (χ2n) is 12.3. The largest absolute Gasteiger partial charge is 0.456 e. The monoisotopic (exact) mass is 628 g/mol. The summed E-state index contributed by atoms with van der Waals surface area (Å²) in [5, 5.41) is 6.68. The molecule has 0 bridgehead atoms. The molecule has 2 heterocycles. The van der Waals surface area contributed by atoms with E-state index in [-0.39, 0.29) is 0 Å². The molecule has 0 fully saturated rings. The van der Waals surface area contributed by atoms with E-state index in [4.69, 9.17) is 13.8 Å². The van der Waals surface area contributed by atoms with E-state index in [1.165, 1.54) is 10.8 Å². The molecule has 2 aromatic heterocycles. The Morgan fingerprint density at radius 2 is 1.02 bits per heavy atom. The van der Waals surface area contributed by atoms with Crippen molar-refractivity contribution in [3.05, 3.63) is 170 Å². The molecular formula is C45H28N2O2. The molecule has 0 aliphatic carbocycles. The maximum absolute atomic E-state index is 6.57. The van der Waals surface area contributed by atoms with Gasteiger partial charge in [0, 0.05) is 44.0 Å². The summed E-state index contributed by atoms with van der Waals surface area (Å²) in [4.78, 5) is 7.39. The molecule has 10 rings (SSSR count). The average molecular weight is 629 g/mol. The second-order valence-corrected chi connectivity index (χ2v) is 12.3. The molecule has 230 valence electrons. The molecule has 49 heavy (non-hydrogen) atoms. The van der Waals surface area contributed by atoms with Crippen LogP contribution in [0.1, 0.15) is 0 Å². The van der Waals surface area contributed by atoms with Crippen molar-refractivity contribution in [3.8, 4) is 22.6 Å². The Labute approximate surface area is 282 Å². The van der Waals surface area contributed by atoms with E-state index >= 15 is 0 Å². The van der Waals surface area contributed by atoms with E-state index < -0.39 is 0 Å². The molecule has 0 saturated carbocycles. The molecular weight excluding hydrogens is 601 g/mol. The Kier molecular flexibility index (Phi) is 6.15.